The van der Waals surface area contributed by atoms with Crippen LogP contribution in [0, 0.1) is 5.82 Å². The zero-order valence-electron chi connectivity index (χ0n) is 28.6. The first-order valence-corrected chi connectivity index (χ1v) is 18.0. The zero-order chi connectivity index (χ0) is 34.7. The fourth-order valence-corrected chi connectivity index (χ4v) is 8.24. The van der Waals surface area contributed by atoms with E-state index in [1.807, 2.05) is 6.07 Å². The molecule has 0 unspecified atom stereocenters. The van der Waals surface area contributed by atoms with Crippen LogP contribution < -0.4 is 0 Å². The van der Waals surface area contributed by atoms with Crippen molar-refractivity contribution >= 4 is 42.7 Å². The molecule has 0 atom stereocenters. The first-order valence-electron chi connectivity index (χ1n) is 17.2. The molecule has 246 valence electrons. The van der Waals surface area contributed by atoms with Gasteiger partial charge in [-0.25, -0.2) is 14.4 Å². The van der Waals surface area contributed by atoms with Crippen molar-refractivity contribution in [2.24, 2.45) is 0 Å². The number of hydrogen-bond acceptors (Lipinski definition) is 3. The van der Waals surface area contributed by atoms with Gasteiger partial charge in [0.05, 0.1) is 22.4 Å². The van der Waals surface area contributed by atoms with Crippen molar-refractivity contribution < 1.29 is 4.39 Å². The minimum absolute atomic E-state index is 0.0755. The number of aromatic nitrogens is 3. The van der Waals surface area contributed by atoms with E-state index in [9.17, 15) is 4.39 Å². The summed E-state index contributed by atoms with van der Waals surface area (Å²) in [5, 5.41) is 2.23. The van der Waals surface area contributed by atoms with Crippen molar-refractivity contribution in [3.8, 4) is 50.6 Å². The van der Waals surface area contributed by atoms with Gasteiger partial charge in [-0.1, -0.05) is 106 Å². The van der Waals surface area contributed by atoms with Crippen LogP contribution in [0.1, 0.15) is 26.3 Å². The van der Waals surface area contributed by atoms with E-state index >= 15 is 0 Å². The molecule has 5 heteroatoms. The molecule has 0 fully saturated rings. The summed E-state index contributed by atoms with van der Waals surface area (Å²) in [6.45, 7) is 6.84. The van der Waals surface area contributed by atoms with E-state index in [1.165, 1.54) is 17.7 Å². The predicted octanol–water partition coefficient (Wildman–Crippen LogP) is 12.9. The Balaban J connectivity index is 1.37. The van der Waals surface area contributed by atoms with E-state index in [4.69, 9.17) is 9.97 Å². The molecule has 51 heavy (non-hydrogen) atoms. The number of benzene rings is 6. The molecule has 0 spiro atoms. The molecule has 0 aliphatic heterocycles. The maximum atomic E-state index is 13.7. The van der Waals surface area contributed by atoms with E-state index in [0.717, 1.165) is 81.9 Å². The average Bonchev–Trinajstić information content (AvgIpc) is 3.73. The monoisotopic (exact) mass is 679 g/mol. The molecule has 0 bridgehead atoms. The van der Waals surface area contributed by atoms with Gasteiger partial charge in [0, 0.05) is 37.7 Å². The summed E-state index contributed by atoms with van der Waals surface area (Å²) in [5.41, 5.74) is 11.6. The topological polar surface area (TPSA) is 30.7 Å². The van der Waals surface area contributed by atoms with Gasteiger partial charge in [-0.05, 0) is 88.8 Å². The summed E-state index contributed by atoms with van der Waals surface area (Å²) in [4.78, 5) is 11.4. The highest BCUT2D eigenvalue weighted by Gasteiger charge is 2.26. The van der Waals surface area contributed by atoms with E-state index in [0.29, 0.717) is 0 Å². The molecule has 0 saturated heterocycles. The van der Waals surface area contributed by atoms with Gasteiger partial charge in [0.25, 0.3) is 0 Å². The van der Waals surface area contributed by atoms with Gasteiger partial charge in [0.2, 0.25) is 0 Å². The average molecular weight is 680 g/mol. The standard InChI is InChI=1S/C46H34FN3S/c1-46(2,3)32-27-37(29-13-6-4-7-14-29)42(38(28-32)30-15-8-5-9-16-30)50-41-20-11-10-19-40(41)48-44(50)36-18-12-17-34-35-25-26-39(49-45(35)51-43(34)36)31-21-23-33(47)24-22-31/h4-28H,1-3H3. The number of thiophene rings is 1. The first-order chi connectivity index (χ1) is 24.8. The van der Waals surface area contributed by atoms with Crippen LogP contribution in [0.2, 0.25) is 0 Å². The Labute approximate surface area is 300 Å². The highest BCUT2D eigenvalue weighted by atomic mass is 32.1. The van der Waals surface area contributed by atoms with Crippen LogP contribution in [0.3, 0.4) is 0 Å². The Kier molecular flexibility index (Phi) is 7.41. The highest BCUT2D eigenvalue weighted by molar-refractivity contribution is 7.26. The number of fused-ring (bicyclic) bond motifs is 4. The van der Waals surface area contributed by atoms with Gasteiger partial charge in [-0.3, -0.25) is 4.57 Å². The summed E-state index contributed by atoms with van der Waals surface area (Å²) in [6, 6.07) is 51.8. The van der Waals surface area contributed by atoms with E-state index in [2.05, 4.69) is 147 Å². The number of hydrogen-bond donors (Lipinski definition) is 0. The van der Waals surface area contributed by atoms with Crippen LogP contribution in [0.4, 0.5) is 4.39 Å². The number of imidazole rings is 1. The van der Waals surface area contributed by atoms with Gasteiger partial charge in [-0.15, -0.1) is 11.3 Å². The molecule has 3 aromatic heterocycles. The molecule has 3 nitrogen and oxygen atoms in total. The quantitative estimate of drug-likeness (QED) is 0.181. The molecule has 0 aliphatic carbocycles. The molecule has 0 amide bonds. The lowest BCUT2D eigenvalue weighted by Crippen LogP contribution is -2.13. The zero-order valence-corrected chi connectivity index (χ0v) is 29.4. The predicted molar refractivity (Wildman–Crippen MR) is 212 cm³/mol. The fourth-order valence-electron chi connectivity index (χ4n) is 7.05. The minimum Gasteiger partial charge on any atom is -0.291 e. The summed E-state index contributed by atoms with van der Waals surface area (Å²) in [6.07, 6.45) is 0. The largest absolute Gasteiger partial charge is 0.291 e. The number of pyridine rings is 1. The summed E-state index contributed by atoms with van der Waals surface area (Å²) in [7, 11) is 0. The van der Waals surface area contributed by atoms with Gasteiger partial charge in [0.15, 0.2) is 0 Å². The van der Waals surface area contributed by atoms with Crippen LogP contribution in [0.5, 0.6) is 0 Å². The Morgan fingerprint density at radius 1 is 0.569 bits per heavy atom. The highest BCUT2D eigenvalue weighted by Crippen LogP contribution is 2.45. The number of rotatable bonds is 5. The molecule has 0 radical (unpaired) electrons. The molecule has 0 aliphatic rings. The molecular formula is C46H34FN3S. The van der Waals surface area contributed by atoms with Crippen LogP contribution >= 0.6 is 11.3 Å². The molecule has 9 aromatic rings. The second-order valence-corrected chi connectivity index (χ2v) is 15.0. The van der Waals surface area contributed by atoms with Crippen LogP contribution in [0.15, 0.2) is 152 Å². The lowest BCUT2D eigenvalue weighted by Gasteiger charge is -2.26. The van der Waals surface area contributed by atoms with Gasteiger partial charge < -0.3 is 0 Å². The third kappa shape index (κ3) is 5.42. The fraction of sp³-hybridized carbons (Fsp3) is 0.0870. The Bertz CT molecular complexity index is 2660. The van der Waals surface area contributed by atoms with Crippen LogP contribution in [-0.4, -0.2) is 14.5 Å². The summed E-state index contributed by atoms with van der Waals surface area (Å²) < 4.78 is 17.2. The van der Waals surface area contributed by atoms with Gasteiger partial charge >= 0.3 is 0 Å². The Morgan fingerprint density at radius 3 is 1.88 bits per heavy atom. The van der Waals surface area contributed by atoms with Crippen molar-refractivity contribution in [3.63, 3.8) is 0 Å². The normalized spacial score (nSPS) is 11.9. The maximum Gasteiger partial charge on any atom is 0.147 e. The summed E-state index contributed by atoms with van der Waals surface area (Å²) in [5.74, 6) is 0.623. The molecule has 6 aromatic carbocycles. The first kappa shape index (κ1) is 31.1. The van der Waals surface area contributed by atoms with Crippen LogP contribution in [0.25, 0.3) is 81.9 Å². The second-order valence-electron chi connectivity index (χ2n) is 14.0. The van der Waals surface area contributed by atoms with Crippen molar-refractivity contribution in [1.82, 2.24) is 14.5 Å². The maximum absolute atomic E-state index is 13.7. The third-order valence-corrected chi connectivity index (χ3v) is 10.8. The van der Waals surface area contributed by atoms with Crippen LogP contribution in [-0.2, 0) is 5.41 Å². The van der Waals surface area contributed by atoms with E-state index in [1.54, 1.807) is 23.5 Å². The molecular weight excluding hydrogens is 646 g/mol. The Hall–Kier alpha value is -5.91. The lowest BCUT2D eigenvalue weighted by molar-refractivity contribution is 0.590. The van der Waals surface area contributed by atoms with E-state index < -0.39 is 0 Å². The molecule has 3 heterocycles. The van der Waals surface area contributed by atoms with Gasteiger partial charge in [-0.2, -0.15) is 0 Å². The number of nitrogens with zero attached hydrogens (tertiary/aromatic N) is 3. The molecule has 9 rings (SSSR count). The van der Waals surface area contributed by atoms with Crippen molar-refractivity contribution in [3.05, 3.63) is 163 Å². The number of para-hydroxylation sites is 2. The van der Waals surface area contributed by atoms with Gasteiger partial charge in [0.1, 0.15) is 16.5 Å². The Morgan fingerprint density at radius 2 is 1.22 bits per heavy atom. The van der Waals surface area contributed by atoms with Crippen molar-refractivity contribution in [1.29, 1.82) is 0 Å². The molecule has 0 N–H and O–H groups in total. The lowest BCUT2D eigenvalue weighted by atomic mass is 9.82. The second kappa shape index (κ2) is 12.1. The van der Waals surface area contributed by atoms with Crippen molar-refractivity contribution in [2.75, 3.05) is 0 Å². The minimum atomic E-state index is -0.256. The smallest absolute Gasteiger partial charge is 0.147 e. The number of halogens is 1. The van der Waals surface area contributed by atoms with E-state index in [-0.39, 0.29) is 11.2 Å². The molecule has 0 saturated carbocycles. The SMILES string of the molecule is CC(C)(C)c1cc(-c2ccccc2)c(-n2c(-c3cccc4c3sc3nc(-c5ccc(F)cc5)ccc34)nc3ccccc32)c(-c2ccccc2)c1. The summed E-state index contributed by atoms with van der Waals surface area (Å²) >= 11 is 1.68. The van der Waals surface area contributed by atoms with Crippen molar-refractivity contribution in [2.45, 2.75) is 26.2 Å². The third-order valence-electron chi connectivity index (χ3n) is 9.68.